The molecular weight excluding hydrogens is 292 g/mol. The smallest absolute Gasteiger partial charge is 0.266 e. The Morgan fingerprint density at radius 3 is 2.70 bits per heavy atom. The lowest BCUT2D eigenvalue weighted by molar-refractivity contribution is -0.132. The Morgan fingerprint density at radius 1 is 1.45 bits per heavy atom. The summed E-state index contributed by atoms with van der Waals surface area (Å²) in [6, 6.07) is 3.73. The third-order valence-corrected chi connectivity index (χ3v) is 4.10. The minimum absolute atomic E-state index is 0.129. The average molecular weight is 306 g/mol. The zero-order chi connectivity index (χ0) is 14.9. The molecule has 0 spiro atoms. The Labute approximate surface area is 127 Å². The molecule has 104 valence electrons. The number of amides is 2. The Morgan fingerprint density at radius 2 is 2.15 bits per heavy atom. The van der Waals surface area contributed by atoms with Crippen LogP contribution in [0.1, 0.15) is 11.8 Å². The second kappa shape index (κ2) is 5.68. The predicted octanol–water partition coefficient (Wildman–Crippen LogP) is 2.29. The van der Waals surface area contributed by atoms with Crippen LogP contribution in [0.3, 0.4) is 0 Å². The van der Waals surface area contributed by atoms with Gasteiger partial charge in [0.15, 0.2) is 5.11 Å². The molecule has 4 nitrogen and oxygen atoms in total. The summed E-state index contributed by atoms with van der Waals surface area (Å²) in [6.07, 6.45) is 1.61. The zero-order valence-corrected chi connectivity index (χ0v) is 12.9. The first kappa shape index (κ1) is 14.6. The Kier molecular flexibility index (Phi) is 4.15. The van der Waals surface area contributed by atoms with Gasteiger partial charge in [0.05, 0.1) is 0 Å². The summed E-state index contributed by atoms with van der Waals surface area (Å²) in [5.74, 6) is -0.735. The highest BCUT2D eigenvalue weighted by atomic mass is 32.1. The molecule has 2 rings (SSSR count). The van der Waals surface area contributed by atoms with Gasteiger partial charge in [-0.3, -0.25) is 19.4 Å². The van der Waals surface area contributed by atoms with Crippen molar-refractivity contribution in [1.29, 1.82) is 0 Å². The first-order valence-corrected chi connectivity index (χ1v) is 7.24. The van der Waals surface area contributed by atoms with E-state index < -0.39 is 0 Å². The van der Waals surface area contributed by atoms with E-state index in [0.29, 0.717) is 6.54 Å². The zero-order valence-electron chi connectivity index (χ0n) is 11.3. The third kappa shape index (κ3) is 2.71. The molecule has 0 unspecified atom stereocenters. The Hall–Kier alpha value is -1.79. The number of hydrogen-bond donors (Lipinski definition) is 0. The Balaban J connectivity index is 2.41. The van der Waals surface area contributed by atoms with E-state index in [4.69, 9.17) is 12.2 Å². The molecular formula is C14H14N2O2S2. The molecule has 1 fully saturated rings. The first-order chi connectivity index (χ1) is 9.41. The van der Waals surface area contributed by atoms with Crippen molar-refractivity contribution in [1.82, 2.24) is 9.80 Å². The van der Waals surface area contributed by atoms with Gasteiger partial charge < -0.3 is 0 Å². The summed E-state index contributed by atoms with van der Waals surface area (Å²) in [4.78, 5) is 28.2. The molecule has 1 aliphatic rings. The van der Waals surface area contributed by atoms with Crippen LogP contribution in [0.5, 0.6) is 0 Å². The normalized spacial score (nSPS) is 18.1. The van der Waals surface area contributed by atoms with Gasteiger partial charge in [-0.15, -0.1) is 11.3 Å². The molecule has 0 N–H and O–H groups in total. The van der Waals surface area contributed by atoms with Gasteiger partial charge in [0.2, 0.25) is 0 Å². The van der Waals surface area contributed by atoms with Crippen LogP contribution in [0.25, 0.3) is 6.08 Å². The molecule has 0 atom stereocenters. The van der Waals surface area contributed by atoms with Crippen LogP contribution < -0.4 is 0 Å². The molecule has 0 aliphatic carbocycles. The summed E-state index contributed by atoms with van der Waals surface area (Å²) in [5.41, 5.74) is 0.934. The van der Waals surface area contributed by atoms with Crippen molar-refractivity contribution in [3.63, 3.8) is 0 Å². The maximum atomic E-state index is 12.4. The van der Waals surface area contributed by atoms with Crippen LogP contribution in [0.2, 0.25) is 0 Å². The van der Waals surface area contributed by atoms with Gasteiger partial charge in [0.1, 0.15) is 5.57 Å². The lowest BCUT2D eigenvalue weighted by atomic mass is 10.1. The van der Waals surface area contributed by atoms with Gasteiger partial charge >= 0.3 is 0 Å². The van der Waals surface area contributed by atoms with E-state index in [0.717, 1.165) is 10.5 Å². The molecule has 1 aromatic heterocycles. The Bertz CT molecular complexity index is 617. The van der Waals surface area contributed by atoms with Gasteiger partial charge in [-0.05, 0) is 36.7 Å². The van der Waals surface area contributed by atoms with Crippen LogP contribution in [-0.4, -0.2) is 40.3 Å². The highest BCUT2D eigenvalue weighted by molar-refractivity contribution is 7.80. The van der Waals surface area contributed by atoms with Gasteiger partial charge in [-0.25, -0.2) is 0 Å². The third-order valence-electron chi connectivity index (χ3n) is 2.79. The summed E-state index contributed by atoms with van der Waals surface area (Å²) in [5, 5.41) is 2.11. The fraction of sp³-hybridized carbons (Fsp3) is 0.214. The van der Waals surface area contributed by atoms with E-state index in [-0.39, 0.29) is 22.5 Å². The number of nitrogens with zero attached hydrogens (tertiary/aromatic N) is 2. The number of thiocarbonyl (C=S) groups is 1. The van der Waals surface area contributed by atoms with Gasteiger partial charge in [0.25, 0.3) is 11.8 Å². The number of rotatable bonds is 3. The number of carbonyl (C=O) groups excluding carboxylic acids is 2. The summed E-state index contributed by atoms with van der Waals surface area (Å²) in [6.45, 7) is 5.92. The highest BCUT2D eigenvalue weighted by Crippen LogP contribution is 2.21. The van der Waals surface area contributed by atoms with Gasteiger partial charge in [-0.1, -0.05) is 18.2 Å². The molecule has 2 heterocycles. The molecule has 0 aromatic carbocycles. The second-order valence-electron chi connectivity index (χ2n) is 4.57. The number of hydrogen-bond acceptors (Lipinski definition) is 4. The average Bonchev–Trinajstić information content (AvgIpc) is 2.90. The fourth-order valence-electron chi connectivity index (χ4n) is 1.82. The van der Waals surface area contributed by atoms with E-state index in [1.165, 1.54) is 21.1 Å². The quantitative estimate of drug-likeness (QED) is 0.372. The number of thiophene rings is 1. The second-order valence-corrected chi connectivity index (χ2v) is 5.91. The SMILES string of the molecule is C=C(C)CN1C(=O)/C(=C\c2cccs2)C(=O)N(C)C1=S. The molecule has 1 aromatic rings. The van der Waals surface area contributed by atoms with Gasteiger partial charge in [0, 0.05) is 18.5 Å². The van der Waals surface area contributed by atoms with Crippen LogP contribution in [0.4, 0.5) is 0 Å². The minimum Gasteiger partial charge on any atom is -0.288 e. The van der Waals surface area contributed by atoms with Crippen molar-refractivity contribution >= 4 is 46.6 Å². The molecule has 6 heteroatoms. The lowest BCUT2D eigenvalue weighted by Gasteiger charge is -2.34. The summed E-state index contributed by atoms with van der Waals surface area (Å²) in [7, 11) is 1.57. The van der Waals surface area contributed by atoms with E-state index in [2.05, 4.69) is 6.58 Å². The molecule has 1 aliphatic heterocycles. The van der Waals surface area contributed by atoms with Crippen molar-refractivity contribution in [2.24, 2.45) is 0 Å². The van der Waals surface area contributed by atoms with Crippen LogP contribution in [-0.2, 0) is 9.59 Å². The van der Waals surface area contributed by atoms with Crippen molar-refractivity contribution in [2.75, 3.05) is 13.6 Å². The molecule has 0 bridgehead atoms. The van der Waals surface area contributed by atoms with E-state index in [1.54, 1.807) is 13.1 Å². The van der Waals surface area contributed by atoms with Gasteiger partial charge in [-0.2, -0.15) is 0 Å². The van der Waals surface area contributed by atoms with Crippen molar-refractivity contribution in [3.05, 3.63) is 40.1 Å². The topological polar surface area (TPSA) is 40.6 Å². The molecule has 1 saturated heterocycles. The monoisotopic (exact) mass is 306 g/mol. The number of carbonyl (C=O) groups is 2. The minimum atomic E-state index is -0.369. The first-order valence-electron chi connectivity index (χ1n) is 5.95. The predicted molar refractivity (Wildman–Crippen MR) is 84.2 cm³/mol. The van der Waals surface area contributed by atoms with Crippen molar-refractivity contribution in [3.8, 4) is 0 Å². The summed E-state index contributed by atoms with van der Waals surface area (Å²) >= 11 is 6.64. The number of likely N-dealkylation sites (N-methyl/N-ethyl adjacent to an activating group) is 1. The van der Waals surface area contributed by atoms with Crippen molar-refractivity contribution < 1.29 is 9.59 Å². The molecule has 20 heavy (non-hydrogen) atoms. The molecule has 0 radical (unpaired) electrons. The molecule has 0 saturated carbocycles. The van der Waals surface area contributed by atoms with E-state index >= 15 is 0 Å². The maximum absolute atomic E-state index is 12.4. The van der Waals surface area contributed by atoms with Crippen LogP contribution in [0.15, 0.2) is 35.2 Å². The highest BCUT2D eigenvalue weighted by Gasteiger charge is 2.37. The maximum Gasteiger partial charge on any atom is 0.266 e. The standard InChI is InChI=1S/C14H14N2O2S2/c1-9(2)8-16-13(18)11(7-10-5-4-6-20-10)12(17)15(3)14(16)19/h4-7H,1,8H2,2-3H3/b11-7-. The fourth-order valence-corrected chi connectivity index (χ4v) is 2.71. The lowest BCUT2D eigenvalue weighted by Crippen LogP contribution is -2.54. The van der Waals surface area contributed by atoms with Crippen LogP contribution in [0, 0.1) is 0 Å². The van der Waals surface area contributed by atoms with Crippen LogP contribution >= 0.6 is 23.6 Å². The summed E-state index contributed by atoms with van der Waals surface area (Å²) < 4.78 is 0. The largest absolute Gasteiger partial charge is 0.288 e. The van der Waals surface area contributed by atoms with E-state index in [9.17, 15) is 9.59 Å². The molecule has 2 amide bonds. The van der Waals surface area contributed by atoms with E-state index in [1.807, 2.05) is 24.4 Å². The van der Waals surface area contributed by atoms with Crippen molar-refractivity contribution in [2.45, 2.75) is 6.92 Å².